The van der Waals surface area contributed by atoms with Gasteiger partial charge in [0.05, 0.1) is 0 Å². The molecule has 0 radical (unpaired) electrons. The van der Waals surface area contributed by atoms with Crippen LogP contribution < -0.4 is 9.80 Å². The summed E-state index contributed by atoms with van der Waals surface area (Å²) in [5, 5.41) is 0. The van der Waals surface area contributed by atoms with Crippen molar-refractivity contribution in [3.8, 4) is 0 Å². The summed E-state index contributed by atoms with van der Waals surface area (Å²) in [4.78, 5) is 29.8. The van der Waals surface area contributed by atoms with Gasteiger partial charge in [0.15, 0.2) is 0 Å². The third-order valence-corrected chi connectivity index (χ3v) is 6.10. The second-order valence-corrected chi connectivity index (χ2v) is 7.69. The molecule has 2 aromatic heterocycles. The maximum atomic E-state index is 13.1. The van der Waals surface area contributed by atoms with Crippen LogP contribution in [0.3, 0.4) is 0 Å². The van der Waals surface area contributed by atoms with Gasteiger partial charge in [-0.15, -0.1) is 0 Å². The Morgan fingerprint density at radius 2 is 1.21 bits per heavy atom. The Kier molecular flexibility index (Phi) is 5.32. The summed E-state index contributed by atoms with van der Waals surface area (Å²) in [5.41, 5.74) is 2.30. The van der Waals surface area contributed by atoms with E-state index in [1.807, 2.05) is 58.9 Å². The van der Waals surface area contributed by atoms with Gasteiger partial charge >= 0.3 is 6.03 Å². The van der Waals surface area contributed by atoms with Crippen LogP contribution in [0.2, 0.25) is 0 Å². The van der Waals surface area contributed by atoms with Crippen molar-refractivity contribution in [1.82, 2.24) is 19.8 Å². The number of aromatic nitrogens is 2. The van der Waals surface area contributed by atoms with E-state index in [2.05, 4.69) is 33.9 Å². The third kappa shape index (κ3) is 3.74. The number of carbonyl (C=O) groups is 1. The van der Waals surface area contributed by atoms with Gasteiger partial charge in [0, 0.05) is 88.5 Å². The molecule has 0 aliphatic carbocycles. The standard InChI is InChI=1S/C21H28N6O/c1-24(17-3-9-22-10-4-17)19-7-13-26(15-19)21(28)27-14-8-20(16-27)25(2)18-5-11-23-12-6-18/h3-6,9-12,19-20H,7-8,13-16H2,1-2H3. The quantitative estimate of drug-likeness (QED) is 0.815. The van der Waals surface area contributed by atoms with Crippen LogP contribution in [0.25, 0.3) is 0 Å². The van der Waals surface area contributed by atoms with Crippen molar-refractivity contribution in [1.29, 1.82) is 0 Å². The number of carbonyl (C=O) groups excluding carboxylic acids is 1. The van der Waals surface area contributed by atoms with E-state index >= 15 is 0 Å². The number of amides is 2. The highest BCUT2D eigenvalue weighted by Gasteiger charge is 2.35. The Morgan fingerprint density at radius 1 is 0.821 bits per heavy atom. The predicted octanol–water partition coefficient (Wildman–Crippen LogP) is 2.32. The molecule has 0 aromatic carbocycles. The topological polar surface area (TPSA) is 55.8 Å². The van der Waals surface area contributed by atoms with Gasteiger partial charge in [0.1, 0.15) is 0 Å². The zero-order chi connectivity index (χ0) is 19.5. The molecule has 0 saturated carbocycles. The van der Waals surface area contributed by atoms with Crippen LogP contribution in [0, 0.1) is 0 Å². The maximum Gasteiger partial charge on any atom is 0.320 e. The summed E-state index contributed by atoms with van der Waals surface area (Å²) in [5.74, 6) is 0. The first-order valence-electron chi connectivity index (χ1n) is 9.93. The molecule has 7 heteroatoms. The third-order valence-electron chi connectivity index (χ3n) is 6.10. The van der Waals surface area contributed by atoms with Crippen LogP contribution in [0.1, 0.15) is 12.8 Å². The molecule has 148 valence electrons. The van der Waals surface area contributed by atoms with Gasteiger partial charge in [-0.1, -0.05) is 0 Å². The summed E-state index contributed by atoms with van der Waals surface area (Å²) in [7, 11) is 4.20. The van der Waals surface area contributed by atoms with E-state index in [-0.39, 0.29) is 6.03 Å². The molecule has 4 heterocycles. The first-order chi connectivity index (χ1) is 13.6. The Labute approximate surface area is 166 Å². The largest absolute Gasteiger partial charge is 0.370 e. The van der Waals surface area contributed by atoms with Crippen LogP contribution in [0.5, 0.6) is 0 Å². The molecular weight excluding hydrogens is 352 g/mol. The lowest BCUT2D eigenvalue weighted by atomic mass is 10.2. The highest BCUT2D eigenvalue weighted by molar-refractivity contribution is 5.75. The molecule has 7 nitrogen and oxygen atoms in total. The van der Waals surface area contributed by atoms with E-state index in [1.54, 1.807) is 0 Å². The highest BCUT2D eigenvalue weighted by Crippen LogP contribution is 2.25. The van der Waals surface area contributed by atoms with Crippen molar-refractivity contribution in [3.63, 3.8) is 0 Å². The van der Waals surface area contributed by atoms with Crippen molar-refractivity contribution in [2.75, 3.05) is 50.1 Å². The Hall–Kier alpha value is -2.83. The van der Waals surface area contributed by atoms with E-state index in [1.165, 1.54) is 0 Å². The molecule has 0 N–H and O–H groups in total. The lowest BCUT2D eigenvalue weighted by Crippen LogP contribution is -2.44. The number of hydrogen-bond acceptors (Lipinski definition) is 5. The Balaban J connectivity index is 1.33. The Bertz CT molecular complexity index is 720. The van der Waals surface area contributed by atoms with Crippen molar-refractivity contribution in [3.05, 3.63) is 49.1 Å². The lowest BCUT2D eigenvalue weighted by Gasteiger charge is -2.29. The minimum Gasteiger partial charge on any atom is -0.370 e. The summed E-state index contributed by atoms with van der Waals surface area (Å²) < 4.78 is 0. The smallest absolute Gasteiger partial charge is 0.320 e. The molecule has 2 aliphatic heterocycles. The van der Waals surface area contributed by atoms with Crippen molar-refractivity contribution in [2.45, 2.75) is 24.9 Å². The molecule has 28 heavy (non-hydrogen) atoms. The van der Waals surface area contributed by atoms with Gasteiger partial charge in [-0.2, -0.15) is 0 Å². The normalized spacial score (nSPS) is 21.8. The molecule has 2 aromatic rings. The fraction of sp³-hybridized carbons (Fsp3) is 0.476. The number of likely N-dealkylation sites (tertiary alicyclic amines) is 2. The predicted molar refractivity (Wildman–Crippen MR) is 111 cm³/mol. The first-order valence-corrected chi connectivity index (χ1v) is 9.93. The molecule has 4 rings (SSSR count). The number of anilines is 2. The Morgan fingerprint density at radius 3 is 1.61 bits per heavy atom. The molecule has 2 aliphatic rings. The second-order valence-electron chi connectivity index (χ2n) is 7.69. The van der Waals surface area contributed by atoms with E-state index in [4.69, 9.17) is 0 Å². The van der Waals surface area contributed by atoms with Crippen molar-refractivity contribution in [2.24, 2.45) is 0 Å². The number of hydrogen-bond donors (Lipinski definition) is 0. The average molecular weight is 380 g/mol. The van der Waals surface area contributed by atoms with Gasteiger partial charge < -0.3 is 19.6 Å². The maximum absolute atomic E-state index is 13.1. The molecule has 2 amide bonds. The second kappa shape index (κ2) is 8.04. The number of urea groups is 1. The van der Waals surface area contributed by atoms with E-state index in [0.29, 0.717) is 12.1 Å². The molecule has 0 spiro atoms. The van der Waals surface area contributed by atoms with Gasteiger partial charge in [0.2, 0.25) is 0 Å². The summed E-state index contributed by atoms with van der Waals surface area (Å²) >= 11 is 0. The summed E-state index contributed by atoms with van der Waals surface area (Å²) in [6.45, 7) is 3.19. The van der Waals surface area contributed by atoms with Crippen LogP contribution in [0.15, 0.2) is 49.1 Å². The van der Waals surface area contributed by atoms with E-state index < -0.39 is 0 Å². The molecule has 2 unspecified atom stereocenters. The fourth-order valence-electron chi connectivity index (χ4n) is 4.24. The zero-order valence-corrected chi connectivity index (χ0v) is 16.6. The van der Waals surface area contributed by atoms with Gasteiger partial charge in [-0.3, -0.25) is 9.97 Å². The SMILES string of the molecule is CN(c1ccncc1)C1CCN(C(=O)N2CCC(N(C)c3ccncc3)C2)C1. The van der Waals surface area contributed by atoms with Gasteiger partial charge in [0.25, 0.3) is 0 Å². The van der Waals surface area contributed by atoms with E-state index in [9.17, 15) is 4.79 Å². The fourth-order valence-corrected chi connectivity index (χ4v) is 4.24. The monoisotopic (exact) mass is 380 g/mol. The first kappa shape index (κ1) is 18.5. The van der Waals surface area contributed by atoms with E-state index in [0.717, 1.165) is 50.4 Å². The van der Waals surface area contributed by atoms with Crippen LogP contribution in [-0.4, -0.2) is 78.2 Å². The number of nitrogens with zero attached hydrogens (tertiary/aromatic N) is 6. The number of likely N-dealkylation sites (N-methyl/N-ethyl adjacent to an activating group) is 2. The summed E-state index contributed by atoms with van der Waals surface area (Å²) in [6, 6.07) is 8.95. The average Bonchev–Trinajstić information content (AvgIpc) is 3.44. The molecular formula is C21H28N6O. The summed E-state index contributed by atoms with van der Waals surface area (Å²) in [6.07, 6.45) is 9.25. The van der Waals surface area contributed by atoms with Crippen LogP contribution >= 0.6 is 0 Å². The molecule has 0 bridgehead atoms. The van der Waals surface area contributed by atoms with Gasteiger partial charge in [-0.25, -0.2) is 4.79 Å². The number of pyridine rings is 2. The minimum absolute atomic E-state index is 0.177. The lowest BCUT2D eigenvalue weighted by molar-refractivity contribution is 0.172. The van der Waals surface area contributed by atoms with Crippen LogP contribution in [0.4, 0.5) is 16.2 Å². The zero-order valence-electron chi connectivity index (χ0n) is 16.6. The van der Waals surface area contributed by atoms with Crippen molar-refractivity contribution < 1.29 is 4.79 Å². The van der Waals surface area contributed by atoms with Crippen LogP contribution in [-0.2, 0) is 0 Å². The minimum atomic E-state index is 0.177. The van der Waals surface area contributed by atoms with Crippen molar-refractivity contribution >= 4 is 17.4 Å². The molecule has 2 atom stereocenters. The number of rotatable bonds is 4. The molecule has 2 fully saturated rings. The highest BCUT2D eigenvalue weighted by atomic mass is 16.2. The van der Waals surface area contributed by atoms with Gasteiger partial charge in [-0.05, 0) is 37.1 Å². The molecule has 2 saturated heterocycles.